The second-order valence-electron chi connectivity index (χ2n) is 14.0. The molecule has 46 heavy (non-hydrogen) atoms. The zero-order chi connectivity index (χ0) is 31.1. The van der Waals surface area contributed by atoms with Crippen LogP contribution in [0.5, 0.6) is 0 Å². The van der Waals surface area contributed by atoms with Crippen LogP contribution in [0.4, 0.5) is 4.39 Å². The molecule has 1 atom stereocenters. The molecular formula is C37H52FI2N5O. The standard InChI is InChI=1S/C37H50FN5O.2HI/c1-28-25-42(19-16-39-28)27-31-7-5-9-33(21-31)35-23-30(11-12-36(35)38)24-40-37(44)34-10-6-8-32(22-34)26-41-17-13-29(14-18-41)15-20-43(2,3)4;;/h5-12,21-23,28-29,39H,13-20,24-27H2,1-4H3;2*1H/t28-;;/m0../s1. The molecular weight excluding hydrogens is 803 g/mol. The van der Waals surface area contributed by atoms with Crippen molar-refractivity contribution in [3.05, 3.63) is 94.8 Å². The molecule has 2 N–H and O–H groups in total. The molecule has 0 saturated carbocycles. The highest BCUT2D eigenvalue weighted by Crippen LogP contribution is 2.26. The molecule has 0 radical (unpaired) electrons. The molecule has 252 valence electrons. The van der Waals surface area contributed by atoms with Crippen molar-refractivity contribution in [1.29, 1.82) is 0 Å². The van der Waals surface area contributed by atoms with E-state index >= 15 is 0 Å². The highest BCUT2D eigenvalue weighted by molar-refractivity contribution is 14.0. The van der Waals surface area contributed by atoms with Gasteiger partial charge in [0.15, 0.2) is 0 Å². The number of nitrogens with zero attached hydrogens (tertiary/aromatic N) is 3. The highest BCUT2D eigenvalue weighted by Gasteiger charge is 2.22. The maximum atomic E-state index is 15.0. The molecule has 6 nitrogen and oxygen atoms in total. The topological polar surface area (TPSA) is 47.6 Å². The average Bonchev–Trinajstić information content (AvgIpc) is 3.00. The van der Waals surface area contributed by atoms with Crippen LogP contribution in [-0.2, 0) is 19.6 Å². The van der Waals surface area contributed by atoms with Gasteiger partial charge in [-0.05, 0) is 97.8 Å². The van der Waals surface area contributed by atoms with Crippen LogP contribution in [0.2, 0.25) is 0 Å². The predicted molar refractivity (Wildman–Crippen MR) is 193 cm³/mol. The van der Waals surface area contributed by atoms with Crippen LogP contribution in [0.3, 0.4) is 0 Å². The fraction of sp³-hybridized carbons (Fsp3) is 0.486. The van der Waals surface area contributed by atoms with Gasteiger partial charge in [-0.2, -0.15) is 0 Å². The number of nitrogens with one attached hydrogen (secondary N) is 2. The Hall–Kier alpha value is -1.64. The van der Waals surface area contributed by atoms with E-state index in [0.717, 1.165) is 67.3 Å². The van der Waals surface area contributed by atoms with E-state index in [2.05, 4.69) is 66.7 Å². The fourth-order valence-corrected chi connectivity index (χ4v) is 6.51. The number of carbonyl (C=O) groups is 1. The minimum absolute atomic E-state index is 0. The van der Waals surface area contributed by atoms with Crippen LogP contribution in [0.25, 0.3) is 11.1 Å². The average molecular weight is 856 g/mol. The number of carbonyl (C=O) groups excluding carboxylic acids is 1. The number of piperazine rings is 1. The molecule has 0 spiro atoms. The van der Waals surface area contributed by atoms with Crippen LogP contribution in [-0.4, -0.2) is 86.6 Å². The van der Waals surface area contributed by atoms with Crippen molar-refractivity contribution in [3.63, 3.8) is 0 Å². The molecule has 2 saturated heterocycles. The van der Waals surface area contributed by atoms with E-state index in [1.54, 1.807) is 6.07 Å². The molecule has 2 aliphatic rings. The van der Waals surface area contributed by atoms with Crippen molar-refractivity contribution in [2.24, 2.45) is 5.92 Å². The van der Waals surface area contributed by atoms with E-state index in [0.29, 0.717) is 23.7 Å². The third kappa shape index (κ3) is 11.8. The summed E-state index contributed by atoms with van der Waals surface area (Å²) in [6.45, 7) is 10.7. The first-order chi connectivity index (χ1) is 21.1. The molecule has 1 amide bonds. The van der Waals surface area contributed by atoms with Gasteiger partial charge in [0.05, 0.1) is 27.7 Å². The Balaban J connectivity index is 0.00000288. The number of likely N-dealkylation sites (tertiary alicyclic amines) is 1. The Kier molecular flexibility index (Phi) is 15.4. The predicted octanol–water partition coefficient (Wildman–Crippen LogP) is 3.15. The van der Waals surface area contributed by atoms with Gasteiger partial charge in [0, 0.05) is 56.4 Å². The van der Waals surface area contributed by atoms with Gasteiger partial charge in [-0.15, -0.1) is 24.0 Å². The SMILES string of the molecule is C[C@H]1CN(Cc2cccc(-c3cc(CNC(=O)c4cccc(CN5CCC(CC[N+](C)(C)C)CC5)c4)ccc3F)c2)CCN1.I.[I-]. The van der Waals surface area contributed by atoms with Gasteiger partial charge >= 0.3 is 0 Å². The van der Waals surface area contributed by atoms with Crippen LogP contribution in [0.1, 0.15) is 53.2 Å². The molecule has 3 aromatic rings. The van der Waals surface area contributed by atoms with Gasteiger partial charge in [0.25, 0.3) is 5.91 Å². The zero-order valence-electron chi connectivity index (χ0n) is 27.9. The highest BCUT2D eigenvalue weighted by atomic mass is 127. The van der Waals surface area contributed by atoms with Crippen molar-refractivity contribution < 1.29 is 37.6 Å². The largest absolute Gasteiger partial charge is 1.00 e. The maximum Gasteiger partial charge on any atom is 0.251 e. The first kappa shape index (κ1) is 38.8. The molecule has 0 aliphatic carbocycles. The van der Waals surface area contributed by atoms with Gasteiger partial charge < -0.3 is 39.1 Å². The third-order valence-electron chi connectivity index (χ3n) is 9.09. The lowest BCUT2D eigenvalue weighted by Crippen LogP contribution is -3.00. The number of rotatable bonds is 11. The normalized spacial score (nSPS) is 18.0. The number of piperidine rings is 1. The Labute approximate surface area is 310 Å². The molecule has 0 unspecified atom stereocenters. The van der Waals surface area contributed by atoms with Crippen LogP contribution in [0, 0.1) is 11.7 Å². The third-order valence-corrected chi connectivity index (χ3v) is 9.09. The summed E-state index contributed by atoms with van der Waals surface area (Å²) in [5.41, 5.74) is 5.32. The van der Waals surface area contributed by atoms with Crippen molar-refractivity contribution >= 4 is 29.9 Å². The van der Waals surface area contributed by atoms with E-state index in [1.807, 2.05) is 36.4 Å². The first-order valence-corrected chi connectivity index (χ1v) is 16.3. The Bertz CT molecular complexity index is 1410. The lowest BCUT2D eigenvalue weighted by Gasteiger charge is -2.33. The van der Waals surface area contributed by atoms with E-state index < -0.39 is 0 Å². The summed E-state index contributed by atoms with van der Waals surface area (Å²) in [4.78, 5) is 18.1. The summed E-state index contributed by atoms with van der Waals surface area (Å²) in [7, 11) is 6.81. The number of hydrogen-bond donors (Lipinski definition) is 2. The van der Waals surface area contributed by atoms with E-state index in [1.165, 1.54) is 43.0 Å². The minimum atomic E-state index is -0.252. The molecule has 2 aliphatic heterocycles. The van der Waals surface area contributed by atoms with Crippen molar-refractivity contribution in [2.75, 3.05) is 60.4 Å². The maximum absolute atomic E-state index is 15.0. The first-order valence-electron chi connectivity index (χ1n) is 16.3. The van der Waals surface area contributed by atoms with Gasteiger partial charge in [0.2, 0.25) is 0 Å². The Morgan fingerprint density at radius 2 is 1.61 bits per heavy atom. The molecule has 0 bridgehead atoms. The lowest BCUT2D eigenvalue weighted by molar-refractivity contribution is -0.871. The smallest absolute Gasteiger partial charge is 0.251 e. The lowest BCUT2D eigenvalue weighted by atomic mass is 9.93. The number of hydrogen-bond acceptors (Lipinski definition) is 4. The Morgan fingerprint density at radius 3 is 2.33 bits per heavy atom. The summed E-state index contributed by atoms with van der Waals surface area (Å²) in [6, 6.07) is 21.7. The number of quaternary nitrogens is 1. The fourth-order valence-electron chi connectivity index (χ4n) is 6.51. The van der Waals surface area contributed by atoms with Gasteiger partial charge in [0.1, 0.15) is 5.82 Å². The monoisotopic (exact) mass is 855 g/mol. The molecule has 3 aromatic carbocycles. The second-order valence-corrected chi connectivity index (χ2v) is 14.0. The van der Waals surface area contributed by atoms with Crippen molar-refractivity contribution in [3.8, 4) is 11.1 Å². The van der Waals surface area contributed by atoms with Gasteiger partial charge in [-0.3, -0.25) is 14.6 Å². The Morgan fingerprint density at radius 1 is 0.913 bits per heavy atom. The van der Waals surface area contributed by atoms with Crippen molar-refractivity contribution in [1.82, 2.24) is 20.4 Å². The summed E-state index contributed by atoms with van der Waals surface area (Å²) in [5, 5.41) is 6.54. The summed E-state index contributed by atoms with van der Waals surface area (Å²) in [6.07, 6.45) is 3.80. The van der Waals surface area contributed by atoms with Gasteiger partial charge in [-0.1, -0.05) is 36.4 Å². The molecule has 9 heteroatoms. The molecule has 0 aromatic heterocycles. The molecule has 2 heterocycles. The van der Waals surface area contributed by atoms with Crippen LogP contribution >= 0.6 is 24.0 Å². The summed E-state index contributed by atoms with van der Waals surface area (Å²) in [5.74, 6) is 0.458. The molecule has 5 rings (SSSR count). The summed E-state index contributed by atoms with van der Waals surface area (Å²) >= 11 is 0. The number of halogens is 3. The second kappa shape index (κ2) is 18.2. The quantitative estimate of drug-likeness (QED) is 0.230. The van der Waals surface area contributed by atoms with Crippen molar-refractivity contribution in [2.45, 2.75) is 51.9 Å². The van der Waals surface area contributed by atoms with E-state index in [9.17, 15) is 9.18 Å². The van der Waals surface area contributed by atoms with Gasteiger partial charge in [-0.25, -0.2) is 4.39 Å². The zero-order valence-corrected chi connectivity index (χ0v) is 32.4. The van der Waals surface area contributed by atoms with E-state index in [4.69, 9.17) is 0 Å². The summed E-state index contributed by atoms with van der Waals surface area (Å²) < 4.78 is 16.0. The van der Waals surface area contributed by atoms with E-state index in [-0.39, 0.29) is 59.7 Å². The van der Waals surface area contributed by atoms with Crippen LogP contribution < -0.4 is 34.6 Å². The number of benzene rings is 3. The molecule has 2 fully saturated rings. The van der Waals surface area contributed by atoms with Crippen LogP contribution in [0.15, 0.2) is 66.7 Å². The number of amides is 1. The minimum Gasteiger partial charge on any atom is -1.00 e.